The van der Waals surface area contributed by atoms with Crippen LogP contribution in [0.25, 0.3) is 0 Å². The summed E-state index contributed by atoms with van der Waals surface area (Å²) in [6, 6.07) is 11.5. The molecule has 100 valence electrons. The molecule has 0 amide bonds. The quantitative estimate of drug-likeness (QED) is 0.857. The number of methoxy groups -OCH3 is 1. The fraction of sp³-hybridized carbons (Fsp3) is 0.214. The Kier molecular flexibility index (Phi) is 5.07. The van der Waals surface area contributed by atoms with Crippen molar-refractivity contribution < 1.29 is 4.74 Å². The molecular formula is C14H15ClN2OS. The van der Waals surface area contributed by atoms with Crippen molar-refractivity contribution in [2.45, 2.75) is 10.3 Å². The van der Waals surface area contributed by atoms with Gasteiger partial charge in [-0.3, -0.25) is 0 Å². The van der Waals surface area contributed by atoms with Gasteiger partial charge in [-0.1, -0.05) is 35.5 Å². The van der Waals surface area contributed by atoms with E-state index < -0.39 is 0 Å². The van der Waals surface area contributed by atoms with Crippen LogP contribution in [0.3, 0.4) is 0 Å². The van der Waals surface area contributed by atoms with Gasteiger partial charge < -0.3 is 10.5 Å². The van der Waals surface area contributed by atoms with E-state index in [0.717, 1.165) is 16.3 Å². The average molecular weight is 295 g/mol. The first-order valence-corrected chi connectivity index (χ1v) is 7.11. The number of pyridine rings is 1. The number of hydrogen-bond donors (Lipinski definition) is 1. The Morgan fingerprint density at radius 2 is 2.05 bits per heavy atom. The normalized spacial score (nSPS) is 12.2. The minimum absolute atomic E-state index is 0.123. The summed E-state index contributed by atoms with van der Waals surface area (Å²) in [5.74, 6) is 0.834. The molecule has 1 aromatic heterocycles. The highest BCUT2D eigenvalue weighted by molar-refractivity contribution is 7.99. The maximum absolute atomic E-state index is 6.12. The lowest BCUT2D eigenvalue weighted by Crippen LogP contribution is -2.09. The maximum atomic E-state index is 6.12. The van der Waals surface area contributed by atoms with Gasteiger partial charge in [0.1, 0.15) is 10.8 Å². The molecule has 19 heavy (non-hydrogen) atoms. The zero-order valence-electron chi connectivity index (χ0n) is 10.5. The van der Waals surface area contributed by atoms with Crippen LogP contribution in [0.2, 0.25) is 5.02 Å². The molecule has 0 aliphatic heterocycles. The first-order valence-electron chi connectivity index (χ1n) is 5.85. The fourth-order valence-corrected chi connectivity index (χ4v) is 2.88. The molecule has 0 radical (unpaired) electrons. The number of rotatable bonds is 5. The molecule has 1 atom stereocenters. The molecule has 1 unspecified atom stereocenters. The van der Waals surface area contributed by atoms with E-state index in [1.807, 2.05) is 36.4 Å². The fourth-order valence-electron chi connectivity index (χ4n) is 1.66. The molecule has 2 rings (SSSR count). The predicted molar refractivity (Wildman–Crippen MR) is 79.9 cm³/mol. The van der Waals surface area contributed by atoms with Gasteiger partial charge in [0.25, 0.3) is 0 Å². The average Bonchev–Trinajstić information content (AvgIpc) is 2.47. The third-order valence-electron chi connectivity index (χ3n) is 2.68. The van der Waals surface area contributed by atoms with Gasteiger partial charge in [-0.2, -0.15) is 0 Å². The Labute approximate surface area is 122 Å². The molecule has 1 aromatic carbocycles. The van der Waals surface area contributed by atoms with E-state index in [0.29, 0.717) is 11.6 Å². The van der Waals surface area contributed by atoms with Gasteiger partial charge in [0.15, 0.2) is 0 Å². The molecule has 0 saturated carbocycles. The molecule has 5 heteroatoms. The Bertz CT molecular complexity index is 533. The largest absolute Gasteiger partial charge is 0.497 e. The molecule has 3 nitrogen and oxygen atoms in total. The van der Waals surface area contributed by atoms with Gasteiger partial charge in [-0.15, -0.1) is 0 Å². The van der Waals surface area contributed by atoms with Crippen LogP contribution < -0.4 is 10.5 Å². The third kappa shape index (κ3) is 3.62. The number of hydrogen-bond acceptors (Lipinski definition) is 4. The number of halogens is 1. The highest BCUT2D eigenvalue weighted by Crippen LogP contribution is 2.36. The maximum Gasteiger partial charge on any atom is 0.118 e. The number of benzene rings is 1. The summed E-state index contributed by atoms with van der Waals surface area (Å²) < 4.78 is 5.15. The lowest BCUT2D eigenvalue weighted by molar-refractivity contribution is 0.414. The summed E-state index contributed by atoms with van der Waals surface area (Å²) in [6.07, 6.45) is 1.73. The van der Waals surface area contributed by atoms with Gasteiger partial charge >= 0.3 is 0 Å². The van der Waals surface area contributed by atoms with E-state index in [2.05, 4.69) is 4.98 Å². The van der Waals surface area contributed by atoms with Crippen LogP contribution in [0.5, 0.6) is 5.75 Å². The number of aromatic nitrogens is 1. The van der Waals surface area contributed by atoms with Gasteiger partial charge in [-0.25, -0.2) is 4.98 Å². The standard InChI is InChI=1S/C14H15ClN2OS/c1-18-11-6-4-10(5-7-11)13(9-16)19-14-12(15)3-2-8-17-14/h2-8,13H,9,16H2,1H3. The van der Waals surface area contributed by atoms with Crippen molar-refractivity contribution in [2.75, 3.05) is 13.7 Å². The van der Waals surface area contributed by atoms with E-state index in [1.165, 1.54) is 0 Å². The van der Waals surface area contributed by atoms with Gasteiger partial charge in [0.05, 0.1) is 12.1 Å². The molecule has 0 saturated heterocycles. The molecule has 0 spiro atoms. The van der Waals surface area contributed by atoms with Crippen LogP contribution in [0.4, 0.5) is 0 Å². The Morgan fingerprint density at radius 1 is 1.32 bits per heavy atom. The second kappa shape index (κ2) is 6.80. The van der Waals surface area contributed by atoms with Crippen molar-refractivity contribution in [3.8, 4) is 5.75 Å². The summed E-state index contributed by atoms with van der Waals surface area (Å²) in [4.78, 5) is 4.28. The molecule has 2 N–H and O–H groups in total. The van der Waals surface area contributed by atoms with Gasteiger partial charge in [-0.05, 0) is 29.8 Å². The second-order valence-electron chi connectivity index (χ2n) is 3.91. The topological polar surface area (TPSA) is 48.1 Å². The Morgan fingerprint density at radius 3 is 2.63 bits per heavy atom. The number of ether oxygens (including phenoxy) is 1. The summed E-state index contributed by atoms with van der Waals surface area (Å²) in [5.41, 5.74) is 6.98. The SMILES string of the molecule is COc1ccc(C(CN)Sc2ncccc2Cl)cc1. The van der Waals surface area contributed by atoms with E-state index in [9.17, 15) is 0 Å². The number of thioether (sulfide) groups is 1. The lowest BCUT2D eigenvalue weighted by Gasteiger charge is -2.15. The Hall–Kier alpha value is -1.23. The van der Waals surface area contributed by atoms with Crippen LogP contribution >= 0.6 is 23.4 Å². The number of nitrogens with zero attached hydrogens (tertiary/aromatic N) is 1. The summed E-state index contributed by atoms with van der Waals surface area (Å²) in [6.45, 7) is 0.518. The van der Waals surface area contributed by atoms with Crippen molar-refractivity contribution in [1.29, 1.82) is 0 Å². The first kappa shape index (κ1) is 14.2. The van der Waals surface area contributed by atoms with Crippen LogP contribution in [-0.4, -0.2) is 18.6 Å². The van der Waals surface area contributed by atoms with Crippen molar-refractivity contribution in [1.82, 2.24) is 4.98 Å². The second-order valence-corrected chi connectivity index (χ2v) is 5.50. The van der Waals surface area contributed by atoms with Crippen molar-refractivity contribution in [3.63, 3.8) is 0 Å². The highest BCUT2D eigenvalue weighted by Gasteiger charge is 2.14. The monoisotopic (exact) mass is 294 g/mol. The lowest BCUT2D eigenvalue weighted by atomic mass is 10.1. The van der Waals surface area contributed by atoms with Crippen LogP contribution in [0.1, 0.15) is 10.8 Å². The van der Waals surface area contributed by atoms with Crippen LogP contribution in [0.15, 0.2) is 47.6 Å². The minimum atomic E-state index is 0.123. The molecule has 0 aliphatic carbocycles. The van der Waals surface area contributed by atoms with Gasteiger partial charge in [0.2, 0.25) is 0 Å². The van der Waals surface area contributed by atoms with Crippen molar-refractivity contribution in [3.05, 3.63) is 53.2 Å². The molecule has 1 heterocycles. The molecule has 0 fully saturated rings. The summed E-state index contributed by atoms with van der Waals surface area (Å²) in [7, 11) is 1.65. The first-order chi connectivity index (χ1) is 9.24. The van der Waals surface area contributed by atoms with E-state index >= 15 is 0 Å². The zero-order valence-corrected chi connectivity index (χ0v) is 12.1. The zero-order chi connectivity index (χ0) is 13.7. The minimum Gasteiger partial charge on any atom is -0.497 e. The van der Waals surface area contributed by atoms with Gasteiger partial charge in [0, 0.05) is 18.0 Å². The molecule has 2 aromatic rings. The molecule has 0 bridgehead atoms. The van der Waals surface area contributed by atoms with E-state index in [4.69, 9.17) is 22.1 Å². The van der Waals surface area contributed by atoms with Crippen LogP contribution in [0, 0.1) is 0 Å². The Balaban J connectivity index is 2.17. The predicted octanol–water partition coefficient (Wildman–Crippen LogP) is 3.54. The third-order valence-corrected chi connectivity index (χ3v) is 4.40. The van der Waals surface area contributed by atoms with Crippen LogP contribution in [-0.2, 0) is 0 Å². The van der Waals surface area contributed by atoms with Crippen molar-refractivity contribution >= 4 is 23.4 Å². The van der Waals surface area contributed by atoms with E-state index in [-0.39, 0.29) is 5.25 Å². The highest BCUT2D eigenvalue weighted by atomic mass is 35.5. The molecular weight excluding hydrogens is 280 g/mol. The molecule has 0 aliphatic rings. The number of nitrogens with two attached hydrogens (primary N) is 1. The smallest absolute Gasteiger partial charge is 0.118 e. The summed E-state index contributed by atoms with van der Waals surface area (Å²) in [5, 5.41) is 1.58. The van der Waals surface area contributed by atoms with E-state index in [1.54, 1.807) is 25.1 Å². The summed E-state index contributed by atoms with van der Waals surface area (Å²) >= 11 is 7.69. The van der Waals surface area contributed by atoms with Crippen molar-refractivity contribution in [2.24, 2.45) is 5.73 Å².